The minimum absolute atomic E-state index is 0.124. The molecule has 2 fully saturated rings. The van der Waals surface area contributed by atoms with Gasteiger partial charge in [-0.3, -0.25) is 4.79 Å². The molecule has 3 aliphatic rings. The Hall–Kier alpha value is -1.43. The first kappa shape index (κ1) is 30.1. The molecule has 2 heterocycles. The molecular formula is C23H43N5O9. The Bertz CT molecular complexity index is 775. The molecule has 0 aromatic carbocycles. The zero-order chi connectivity index (χ0) is 27.3. The van der Waals surface area contributed by atoms with Gasteiger partial charge in [-0.25, -0.2) is 0 Å². The van der Waals surface area contributed by atoms with E-state index in [0.29, 0.717) is 18.6 Å². The number of aliphatic hydroxyl groups excluding tert-OH is 4. The van der Waals surface area contributed by atoms with E-state index in [1.165, 1.54) is 6.92 Å². The number of amides is 1. The van der Waals surface area contributed by atoms with Gasteiger partial charge in [0.05, 0.1) is 44.1 Å². The van der Waals surface area contributed by atoms with Crippen LogP contribution in [-0.2, 0) is 19.0 Å². The van der Waals surface area contributed by atoms with E-state index in [1.54, 1.807) is 7.05 Å². The van der Waals surface area contributed by atoms with Gasteiger partial charge in [-0.15, -0.1) is 0 Å². The highest BCUT2D eigenvalue weighted by molar-refractivity contribution is 5.47. The summed E-state index contributed by atoms with van der Waals surface area (Å²) >= 11 is 0. The molecular weight excluding hydrogens is 490 g/mol. The lowest BCUT2D eigenvalue weighted by molar-refractivity contribution is -0.297. The minimum atomic E-state index is -1.35. The first-order valence-corrected chi connectivity index (χ1v) is 12.6. The van der Waals surface area contributed by atoms with E-state index in [-0.39, 0.29) is 32.7 Å². The van der Waals surface area contributed by atoms with Crippen LogP contribution in [0.5, 0.6) is 0 Å². The summed E-state index contributed by atoms with van der Waals surface area (Å²) in [6, 6.07) is -2.52. The van der Waals surface area contributed by atoms with Gasteiger partial charge >= 0.3 is 0 Å². The molecule has 0 aromatic heterocycles. The maximum atomic E-state index is 11.5. The summed E-state index contributed by atoms with van der Waals surface area (Å²) in [7, 11) is 1.60. The Kier molecular flexibility index (Phi) is 10.6. The molecule has 0 radical (unpaired) electrons. The Morgan fingerprint density at radius 2 is 2.03 bits per heavy atom. The van der Waals surface area contributed by atoms with Gasteiger partial charge in [-0.2, -0.15) is 0 Å². The monoisotopic (exact) mass is 533 g/mol. The van der Waals surface area contributed by atoms with Crippen molar-refractivity contribution in [3.63, 3.8) is 0 Å². The third kappa shape index (κ3) is 6.96. The van der Waals surface area contributed by atoms with Crippen molar-refractivity contribution in [2.75, 3.05) is 33.4 Å². The van der Waals surface area contributed by atoms with E-state index in [4.69, 9.17) is 30.8 Å². The second kappa shape index (κ2) is 13.1. The first-order valence-electron chi connectivity index (χ1n) is 12.6. The predicted octanol–water partition coefficient (Wildman–Crippen LogP) is -4.81. The summed E-state index contributed by atoms with van der Waals surface area (Å²) in [5.74, 6) is -0.118. The van der Waals surface area contributed by atoms with Crippen LogP contribution in [0, 0.1) is 5.92 Å². The van der Waals surface area contributed by atoms with E-state index in [0.717, 1.165) is 0 Å². The molecule has 214 valence electrons. The summed E-state index contributed by atoms with van der Waals surface area (Å²) in [4.78, 5) is 11.3. The molecule has 2 aliphatic heterocycles. The number of likely N-dealkylation sites (N-methyl/N-ethyl adjacent to an activating group) is 1. The number of rotatable bonds is 11. The fourth-order valence-electron chi connectivity index (χ4n) is 5.50. The summed E-state index contributed by atoms with van der Waals surface area (Å²) in [5.41, 5.74) is 11.5. The molecule has 2 unspecified atom stereocenters. The van der Waals surface area contributed by atoms with Gasteiger partial charge in [0, 0.05) is 24.5 Å². The number of nitrogens with one attached hydrogen (secondary N) is 3. The van der Waals surface area contributed by atoms with Crippen LogP contribution < -0.4 is 27.4 Å². The highest BCUT2D eigenvalue weighted by Crippen LogP contribution is 2.36. The highest BCUT2D eigenvalue weighted by atomic mass is 16.7. The molecule has 12 atom stereocenters. The summed E-state index contributed by atoms with van der Waals surface area (Å²) < 4.78 is 17.8. The number of aliphatic hydroxyl groups is 5. The van der Waals surface area contributed by atoms with E-state index >= 15 is 0 Å². The van der Waals surface area contributed by atoms with Crippen LogP contribution in [0.15, 0.2) is 11.8 Å². The standard InChI is InChI=1S/C23H43N5O9/c1-23(34)9-35-22(18(33)21(23)26-2)37-20-15(28-10-30)5-14(25)16(17(20)32)19-13(24)4-3-12(36-19)7-27-6-11(31)8-29/h3,10-11,13-22,26-27,29,31-34H,4-9,24-25H2,1-2H3,(H,28,30)/t11?,13-,14+,15-,16?,17+,18-,19+,20+,21-,22-,23+/m1/s1. The first-order chi connectivity index (χ1) is 17.5. The molecule has 1 saturated carbocycles. The van der Waals surface area contributed by atoms with Crippen LogP contribution in [0.25, 0.3) is 0 Å². The van der Waals surface area contributed by atoms with Crippen molar-refractivity contribution in [3.8, 4) is 0 Å². The van der Waals surface area contributed by atoms with Crippen LogP contribution in [0.3, 0.4) is 0 Å². The van der Waals surface area contributed by atoms with E-state index in [2.05, 4.69) is 16.0 Å². The lowest BCUT2D eigenvalue weighted by atomic mass is 9.72. The Morgan fingerprint density at radius 3 is 2.68 bits per heavy atom. The van der Waals surface area contributed by atoms with Gasteiger partial charge in [0.15, 0.2) is 6.29 Å². The fraction of sp³-hybridized carbons (Fsp3) is 0.870. The van der Waals surface area contributed by atoms with E-state index < -0.39 is 72.5 Å². The molecule has 1 aliphatic carbocycles. The van der Waals surface area contributed by atoms with Gasteiger partial charge in [0.2, 0.25) is 6.41 Å². The lowest BCUT2D eigenvalue weighted by Crippen LogP contribution is -2.69. The topological polar surface area (TPSA) is 234 Å². The summed E-state index contributed by atoms with van der Waals surface area (Å²) in [5, 5.41) is 59.8. The number of carbonyl (C=O) groups excluding carboxylic acids is 1. The van der Waals surface area contributed by atoms with Gasteiger partial charge < -0.3 is 67.2 Å². The molecule has 14 nitrogen and oxygen atoms in total. The quantitative estimate of drug-likeness (QED) is 0.112. The minimum Gasteiger partial charge on any atom is -0.492 e. The van der Waals surface area contributed by atoms with Crippen molar-refractivity contribution in [1.29, 1.82) is 0 Å². The summed E-state index contributed by atoms with van der Waals surface area (Å²) in [6.07, 6.45) is -3.28. The average molecular weight is 534 g/mol. The van der Waals surface area contributed by atoms with Gasteiger partial charge in [0.25, 0.3) is 0 Å². The van der Waals surface area contributed by atoms with Crippen LogP contribution >= 0.6 is 0 Å². The molecule has 1 amide bonds. The molecule has 37 heavy (non-hydrogen) atoms. The number of ether oxygens (including phenoxy) is 3. The Morgan fingerprint density at radius 1 is 1.30 bits per heavy atom. The number of nitrogens with two attached hydrogens (primary N) is 2. The zero-order valence-corrected chi connectivity index (χ0v) is 21.3. The van der Waals surface area contributed by atoms with Crippen molar-refractivity contribution in [1.82, 2.24) is 16.0 Å². The van der Waals surface area contributed by atoms with Crippen molar-refractivity contribution >= 4 is 6.41 Å². The number of hydrogen-bond donors (Lipinski definition) is 10. The van der Waals surface area contributed by atoms with E-state index in [1.807, 2.05) is 6.08 Å². The maximum Gasteiger partial charge on any atom is 0.207 e. The number of carbonyl (C=O) groups is 1. The molecule has 0 bridgehead atoms. The smallest absolute Gasteiger partial charge is 0.207 e. The molecule has 3 rings (SSSR count). The maximum absolute atomic E-state index is 11.5. The second-order valence-electron chi connectivity index (χ2n) is 10.4. The van der Waals surface area contributed by atoms with Crippen molar-refractivity contribution in [3.05, 3.63) is 11.8 Å². The fourth-order valence-corrected chi connectivity index (χ4v) is 5.50. The molecule has 12 N–H and O–H groups in total. The van der Waals surface area contributed by atoms with Crippen LogP contribution in [0.2, 0.25) is 0 Å². The zero-order valence-electron chi connectivity index (χ0n) is 21.3. The van der Waals surface area contributed by atoms with E-state index in [9.17, 15) is 25.2 Å². The number of hydrogen-bond acceptors (Lipinski definition) is 13. The Labute approximate surface area is 216 Å². The third-order valence-electron chi connectivity index (χ3n) is 7.46. The highest BCUT2D eigenvalue weighted by Gasteiger charge is 2.53. The van der Waals surface area contributed by atoms with Gasteiger partial charge in [-0.05, 0) is 32.9 Å². The SMILES string of the molecule is CN[C@@H]1[C@@H](O)[C@@H](O[C@H]2[C@H](NC=O)C[C@H](N)C([C@H]3OC(CNCC(O)CO)=CC[C@H]3N)[C@@H]2O)OC[C@]1(C)O. The Balaban J connectivity index is 1.75. The lowest BCUT2D eigenvalue weighted by Gasteiger charge is -2.50. The van der Waals surface area contributed by atoms with Gasteiger partial charge in [-0.1, -0.05) is 0 Å². The second-order valence-corrected chi connectivity index (χ2v) is 10.4. The van der Waals surface area contributed by atoms with Crippen LogP contribution in [-0.4, -0.2) is 132 Å². The third-order valence-corrected chi connectivity index (χ3v) is 7.46. The molecule has 0 aromatic rings. The van der Waals surface area contributed by atoms with Crippen molar-refractivity contribution < 1.29 is 44.5 Å². The predicted molar refractivity (Wildman–Crippen MR) is 131 cm³/mol. The normalized spacial score (nSPS) is 43.4. The van der Waals surface area contributed by atoms with Crippen LogP contribution in [0.1, 0.15) is 19.8 Å². The average Bonchev–Trinajstić information content (AvgIpc) is 2.84. The van der Waals surface area contributed by atoms with Crippen LogP contribution in [0.4, 0.5) is 0 Å². The molecule has 1 saturated heterocycles. The van der Waals surface area contributed by atoms with Crippen molar-refractivity contribution in [2.45, 2.75) is 86.3 Å². The van der Waals surface area contributed by atoms with Crippen molar-refractivity contribution in [2.24, 2.45) is 17.4 Å². The summed E-state index contributed by atoms with van der Waals surface area (Å²) in [6.45, 7) is 1.48. The molecule has 14 heteroatoms. The largest absolute Gasteiger partial charge is 0.492 e. The van der Waals surface area contributed by atoms with Gasteiger partial charge in [0.1, 0.15) is 29.7 Å². The molecule has 0 spiro atoms.